The van der Waals surface area contributed by atoms with Crippen molar-refractivity contribution in [3.8, 4) is 11.8 Å². The zero-order valence-corrected chi connectivity index (χ0v) is 7.32. The van der Waals surface area contributed by atoms with Crippen LogP contribution in [0.5, 0.6) is 0 Å². The van der Waals surface area contributed by atoms with E-state index >= 15 is 0 Å². The minimum atomic E-state index is -0.345. The summed E-state index contributed by atoms with van der Waals surface area (Å²) in [4.78, 5) is 10.2. The zero-order chi connectivity index (χ0) is 9.52. The first-order valence-corrected chi connectivity index (χ1v) is 3.88. The van der Waals surface area contributed by atoms with Crippen molar-refractivity contribution in [3.05, 3.63) is 24.2 Å². The molecule has 3 heteroatoms. The number of carbonyl (C=O) groups is 1. The van der Waals surface area contributed by atoms with Crippen LogP contribution in [-0.2, 0) is 9.53 Å². The van der Waals surface area contributed by atoms with Crippen molar-refractivity contribution >= 4 is 6.29 Å². The van der Waals surface area contributed by atoms with Gasteiger partial charge in [0.2, 0.25) is 0 Å². The van der Waals surface area contributed by atoms with Crippen molar-refractivity contribution in [2.24, 2.45) is 0 Å². The first kappa shape index (κ1) is 9.56. The highest BCUT2D eigenvalue weighted by atomic mass is 16.5. The second-order valence-electron chi connectivity index (χ2n) is 2.37. The molecule has 0 saturated carbocycles. The molecule has 0 aromatic carbocycles. The number of furan rings is 1. The number of ether oxygens (including phenoxy) is 1. The molecule has 1 atom stereocenters. The number of aldehydes is 1. The molecule has 0 aliphatic carbocycles. The van der Waals surface area contributed by atoms with Gasteiger partial charge in [-0.15, -0.1) is 0 Å². The van der Waals surface area contributed by atoms with Crippen molar-refractivity contribution in [2.45, 2.75) is 12.5 Å². The van der Waals surface area contributed by atoms with Crippen LogP contribution in [0.3, 0.4) is 0 Å². The fourth-order valence-corrected chi connectivity index (χ4v) is 0.803. The van der Waals surface area contributed by atoms with Gasteiger partial charge < -0.3 is 13.9 Å². The second kappa shape index (κ2) is 5.18. The molecule has 0 radical (unpaired) electrons. The summed E-state index contributed by atoms with van der Waals surface area (Å²) in [6.45, 7) is 0. The van der Waals surface area contributed by atoms with Crippen molar-refractivity contribution < 1.29 is 13.9 Å². The average Bonchev–Trinajstić information content (AvgIpc) is 2.64. The number of hydrogen-bond donors (Lipinski definition) is 0. The summed E-state index contributed by atoms with van der Waals surface area (Å²) < 4.78 is 9.93. The molecule has 1 aromatic rings. The molecule has 68 valence electrons. The van der Waals surface area contributed by atoms with Crippen LogP contribution in [0.1, 0.15) is 12.2 Å². The molecule has 13 heavy (non-hydrogen) atoms. The van der Waals surface area contributed by atoms with Gasteiger partial charge in [-0.3, -0.25) is 0 Å². The normalized spacial score (nSPS) is 11.5. The molecule has 0 fully saturated rings. The lowest BCUT2D eigenvalue weighted by molar-refractivity contribution is -0.109. The Hall–Kier alpha value is -1.53. The SMILES string of the molecule is CO[C@@H](C#Cc1ccco1)CC=O. The number of methoxy groups -OCH3 is 1. The van der Waals surface area contributed by atoms with Crippen LogP contribution in [0.2, 0.25) is 0 Å². The lowest BCUT2D eigenvalue weighted by Gasteiger charge is -2.01. The van der Waals surface area contributed by atoms with Crippen molar-refractivity contribution in [2.75, 3.05) is 7.11 Å². The molecular weight excluding hydrogens is 168 g/mol. The molecule has 0 unspecified atom stereocenters. The quantitative estimate of drug-likeness (QED) is 0.516. The smallest absolute Gasteiger partial charge is 0.176 e. The van der Waals surface area contributed by atoms with Crippen LogP contribution in [0, 0.1) is 11.8 Å². The Labute approximate surface area is 76.7 Å². The maximum absolute atomic E-state index is 10.2. The van der Waals surface area contributed by atoms with Gasteiger partial charge in [0, 0.05) is 13.5 Å². The van der Waals surface area contributed by atoms with Gasteiger partial charge in [-0.25, -0.2) is 0 Å². The summed E-state index contributed by atoms with van der Waals surface area (Å²) in [6.07, 6.45) is 2.27. The van der Waals surface area contributed by atoms with Crippen LogP contribution in [-0.4, -0.2) is 19.5 Å². The monoisotopic (exact) mass is 178 g/mol. The first-order chi connectivity index (χ1) is 6.36. The van der Waals surface area contributed by atoms with E-state index in [1.165, 1.54) is 7.11 Å². The fraction of sp³-hybridized carbons (Fsp3) is 0.300. The van der Waals surface area contributed by atoms with E-state index < -0.39 is 0 Å². The molecule has 0 N–H and O–H groups in total. The van der Waals surface area contributed by atoms with Gasteiger partial charge in [0.25, 0.3) is 0 Å². The Morgan fingerprint density at radius 2 is 2.62 bits per heavy atom. The van der Waals surface area contributed by atoms with E-state index in [2.05, 4.69) is 11.8 Å². The van der Waals surface area contributed by atoms with Crippen molar-refractivity contribution in [1.82, 2.24) is 0 Å². The molecular formula is C10H10O3. The standard InChI is InChI=1S/C10H10O3/c1-12-9(6-7-11)4-5-10-3-2-8-13-10/h2-3,7-9H,6H2,1H3/t9-/m0/s1. The summed E-state index contributed by atoms with van der Waals surface area (Å²) in [7, 11) is 1.52. The van der Waals surface area contributed by atoms with Crippen LogP contribution in [0.4, 0.5) is 0 Å². The predicted octanol–water partition coefficient (Wildman–Crippen LogP) is 1.24. The van der Waals surface area contributed by atoms with E-state index in [0.29, 0.717) is 5.76 Å². The number of hydrogen-bond acceptors (Lipinski definition) is 3. The lowest BCUT2D eigenvalue weighted by Crippen LogP contribution is -2.07. The first-order valence-electron chi connectivity index (χ1n) is 3.88. The zero-order valence-electron chi connectivity index (χ0n) is 7.32. The Morgan fingerprint density at radius 3 is 3.15 bits per heavy atom. The minimum absolute atomic E-state index is 0.282. The van der Waals surface area contributed by atoms with E-state index in [1.54, 1.807) is 18.4 Å². The highest BCUT2D eigenvalue weighted by Crippen LogP contribution is 1.98. The van der Waals surface area contributed by atoms with E-state index in [1.807, 2.05) is 0 Å². The maximum atomic E-state index is 10.2. The Bertz CT molecular complexity index is 303. The molecule has 1 rings (SSSR count). The van der Waals surface area contributed by atoms with Crippen molar-refractivity contribution in [3.63, 3.8) is 0 Å². The summed E-state index contributed by atoms with van der Waals surface area (Å²) in [6, 6.07) is 3.51. The van der Waals surface area contributed by atoms with Crippen LogP contribution >= 0.6 is 0 Å². The van der Waals surface area contributed by atoms with E-state index in [4.69, 9.17) is 9.15 Å². The largest absolute Gasteiger partial charge is 0.456 e. The second-order valence-corrected chi connectivity index (χ2v) is 2.37. The molecule has 0 spiro atoms. The topological polar surface area (TPSA) is 39.4 Å². The van der Waals surface area contributed by atoms with Crippen LogP contribution in [0.15, 0.2) is 22.8 Å². The van der Waals surface area contributed by atoms with Gasteiger partial charge in [-0.05, 0) is 18.1 Å². The third kappa shape index (κ3) is 3.14. The van der Waals surface area contributed by atoms with Gasteiger partial charge >= 0.3 is 0 Å². The molecule has 3 nitrogen and oxygen atoms in total. The molecule has 1 aromatic heterocycles. The minimum Gasteiger partial charge on any atom is -0.456 e. The summed E-state index contributed by atoms with van der Waals surface area (Å²) in [5.74, 6) is 6.11. The predicted molar refractivity (Wildman–Crippen MR) is 47.1 cm³/mol. The highest BCUT2D eigenvalue weighted by Gasteiger charge is 2.00. The van der Waals surface area contributed by atoms with Crippen LogP contribution in [0.25, 0.3) is 0 Å². The summed E-state index contributed by atoms with van der Waals surface area (Å²) >= 11 is 0. The maximum Gasteiger partial charge on any atom is 0.176 e. The van der Waals surface area contributed by atoms with Crippen molar-refractivity contribution in [1.29, 1.82) is 0 Å². The van der Waals surface area contributed by atoms with Gasteiger partial charge in [0.05, 0.1) is 6.26 Å². The summed E-state index contributed by atoms with van der Waals surface area (Å²) in [5.41, 5.74) is 0. The average molecular weight is 178 g/mol. The molecule has 0 aliphatic rings. The number of rotatable bonds is 3. The van der Waals surface area contributed by atoms with E-state index in [0.717, 1.165) is 6.29 Å². The molecule has 1 heterocycles. The fourth-order valence-electron chi connectivity index (χ4n) is 0.803. The van der Waals surface area contributed by atoms with Gasteiger partial charge in [-0.2, -0.15) is 0 Å². The van der Waals surface area contributed by atoms with Gasteiger partial charge in [-0.1, -0.05) is 5.92 Å². The van der Waals surface area contributed by atoms with E-state index in [9.17, 15) is 4.79 Å². The van der Waals surface area contributed by atoms with Crippen LogP contribution < -0.4 is 0 Å². The molecule has 0 saturated heterocycles. The highest BCUT2D eigenvalue weighted by molar-refractivity contribution is 5.51. The molecule has 0 bridgehead atoms. The Morgan fingerprint density at radius 1 is 1.77 bits per heavy atom. The Balaban J connectivity index is 2.58. The molecule has 0 amide bonds. The van der Waals surface area contributed by atoms with Gasteiger partial charge in [0.15, 0.2) is 5.76 Å². The third-order valence-electron chi connectivity index (χ3n) is 1.47. The Kier molecular flexibility index (Phi) is 3.80. The summed E-state index contributed by atoms with van der Waals surface area (Å²) in [5, 5.41) is 0. The lowest BCUT2D eigenvalue weighted by atomic mass is 10.2. The van der Waals surface area contributed by atoms with E-state index in [-0.39, 0.29) is 12.5 Å². The van der Waals surface area contributed by atoms with Gasteiger partial charge in [0.1, 0.15) is 12.4 Å². The third-order valence-corrected chi connectivity index (χ3v) is 1.47. The molecule has 0 aliphatic heterocycles. The number of carbonyl (C=O) groups excluding carboxylic acids is 1.